The molecule has 1 saturated heterocycles. The van der Waals surface area contributed by atoms with Crippen LogP contribution < -0.4 is 9.64 Å². The lowest BCUT2D eigenvalue weighted by Crippen LogP contribution is -2.28. The van der Waals surface area contributed by atoms with Crippen LogP contribution in [0.2, 0.25) is 0 Å². The summed E-state index contributed by atoms with van der Waals surface area (Å²) >= 11 is 6.79. The van der Waals surface area contributed by atoms with Crippen LogP contribution in [0.3, 0.4) is 0 Å². The van der Waals surface area contributed by atoms with E-state index in [0.29, 0.717) is 15.8 Å². The van der Waals surface area contributed by atoms with Crippen molar-refractivity contribution in [2.24, 2.45) is 0 Å². The van der Waals surface area contributed by atoms with Gasteiger partial charge in [0.1, 0.15) is 5.75 Å². The Balaban J connectivity index is 1.96. The maximum atomic E-state index is 12.9. The van der Waals surface area contributed by atoms with Gasteiger partial charge < -0.3 is 4.74 Å². The molecular weight excluding hydrogens is 350 g/mol. The van der Waals surface area contributed by atoms with E-state index in [2.05, 4.69) is 6.07 Å². The minimum Gasteiger partial charge on any atom is -0.493 e. The lowest BCUT2D eigenvalue weighted by atomic mass is 10.1. The summed E-state index contributed by atoms with van der Waals surface area (Å²) in [6.45, 7) is 6.55. The number of para-hydroxylation sites is 1. The van der Waals surface area contributed by atoms with Crippen molar-refractivity contribution < 1.29 is 9.53 Å². The van der Waals surface area contributed by atoms with Gasteiger partial charge in [-0.15, -0.1) is 0 Å². The van der Waals surface area contributed by atoms with Crippen molar-refractivity contribution >= 4 is 46.0 Å². The molecule has 0 radical (unpaired) electrons. The van der Waals surface area contributed by atoms with Gasteiger partial charge in [-0.2, -0.15) is 0 Å². The highest BCUT2D eigenvalue weighted by Crippen LogP contribution is 2.38. The molecule has 1 aliphatic heterocycles. The van der Waals surface area contributed by atoms with Crippen molar-refractivity contribution in [1.29, 1.82) is 0 Å². The first-order valence-electron chi connectivity index (χ1n) is 8.08. The van der Waals surface area contributed by atoms with Gasteiger partial charge >= 0.3 is 0 Å². The zero-order valence-electron chi connectivity index (χ0n) is 14.4. The molecule has 0 N–H and O–H groups in total. The van der Waals surface area contributed by atoms with Crippen molar-refractivity contribution in [3.8, 4) is 5.75 Å². The summed E-state index contributed by atoms with van der Waals surface area (Å²) in [7, 11) is 0. The summed E-state index contributed by atoms with van der Waals surface area (Å²) < 4.78 is 6.19. The van der Waals surface area contributed by atoms with E-state index in [1.165, 1.54) is 11.8 Å². The zero-order valence-corrected chi connectivity index (χ0v) is 16.0. The molecule has 1 aliphatic rings. The van der Waals surface area contributed by atoms with Crippen molar-refractivity contribution in [2.45, 2.75) is 20.8 Å². The fourth-order valence-electron chi connectivity index (χ4n) is 2.76. The molecule has 0 unspecified atom stereocenters. The van der Waals surface area contributed by atoms with E-state index in [9.17, 15) is 4.79 Å². The zero-order chi connectivity index (χ0) is 18.0. The van der Waals surface area contributed by atoms with E-state index in [1.807, 2.05) is 63.2 Å². The van der Waals surface area contributed by atoms with Crippen molar-refractivity contribution in [3.05, 3.63) is 64.1 Å². The van der Waals surface area contributed by atoms with Gasteiger partial charge in [-0.1, -0.05) is 59.9 Å². The van der Waals surface area contributed by atoms with E-state index in [4.69, 9.17) is 17.0 Å². The second-order valence-corrected chi connectivity index (χ2v) is 7.45. The highest BCUT2D eigenvalue weighted by Gasteiger charge is 2.34. The number of rotatable bonds is 4. The predicted octanol–water partition coefficient (Wildman–Crippen LogP) is 5.11. The maximum Gasteiger partial charge on any atom is 0.270 e. The molecule has 128 valence electrons. The van der Waals surface area contributed by atoms with E-state index in [-0.39, 0.29) is 5.91 Å². The summed E-state index contributed by atoms with van der Waals surface area (Å²) in [5.41, 5.74) is 3.92. The smallest absolute Gasteiger partial charge is 0.270 e. The predicted molar refractivity (Wildman–Crippen MR) is 109 cm³/mol. The first-order valence-corrected chi connectivity index (χ1v) is 9.30. The Morgan fingerprint density at radius 2 is 1.96 bits per heavy atom. The number of hydrogen-bond donors (Lipinski definition) is 0. The minimum atomic E-state index is -0.0896. The fourth-order valence-corrected chi connectivity index (χ4v) is 4.04. The number of thiocarbonyl (C=S) groups is 1. The first-order chi connectivity index (χ1) is 12.0. The van der Waals surface area contributed by atoms with Crippen LogP contribution in [0.1, 0.15) is 23.6 Å². The average Bonchev–Trinajstić information content (AvgIpc) is 2.84. The molecule has 3 nitrogen and oxygen atoms in total. The number of benzene rings is 2. The van der Waals surface area contributed by atoms with Crippen LogP contribution in [0, 0.1) is 13.8 Å². The second-order valence-electron chi connectivity index (χ2n) is 5.78. The lowest BCUT2D eigenvalue weighted by molar-refractivity contribution is -0.113. The maximum absolute atomic E-state index is 12.9. The Morgan fingerprint density at radius 1 is 1.20 bits per heavy atom. The number of hydrogen-bond acceptors (Lipinski definition) is 4. The van der Waals surface area contributed by atoms with Gasteiger partial charge in [0.15, 0.2) is 4.32 Å². The largest absolute Gasteiger partial charge is 0.493 e. The third kappa shape index (κ3) is 3.62. The quantitative estimate of drug-likeness (QED) is 0.553. The molecule has 0 spiro atoms. The van der Waals surface area contributed by atoms with Crippen LogP contribution >= 0.6 is 24.0 Å². The van der Waals surface area contributed by atoms with Crippen molar-refractivity contribution in [1.82, 2.24) is 0 Å². The van der Waals surface area contributed by atoms with Crippen LogP contribution in [0.15, 0.2) is 47.4 Å². The third-order valence-electron chi connectivity index (χ3n) is 3.89. The average molecular weight is 370 g/mol. The number of anilines is 1. The Kier molecular flexibility index (Phi) is 5.25. The number of amides is 1. The number of carbonyl (C=O) groups is 1. The fraction of sp³-hybridized carbons (Fsp3) is 0.200. The molecule has 0 aliphatic carbocycles. The monoisotopic (exact) mass is 369 g/mol. The van der Waals surface area contributed by atoms with Crippen LogP contribution in [0.5, 0.6) is 5.75 Å². The summed E-state index contributed by atoms with van der Waals surface area (Å²) in [6, 6.07) is 13.7. The van der Waals surface area contributed by atoms with E-state index < -0.39 is 0 Å². The normalized spacial score (nSPS) is 16.0. The van der Waals surface area contributed by atoms with E-state index in [0.717, 1.165) is 28.1 Å². The van der Waals surface area contributed by atoms with E-state index >= 15 is 0 Å². The van der Waals surface area contributed by atoms with Crippen LogP contribution in [-0.2, 0) is 4.79 Å². The lowest BCUT2D eigenvalue weighted by Gasteiger charge is -2.17. The topological polar surface area (TPSA) is 29.5 Å². The Bertz CT molecular complexity index is 874. The number of ether oxygens (including phenoxy) is 1. The highest BCUT2D eigenvalue weighted by molar-refractivity contribution is 8.27. The van der Waals surface area contributed by atoms with Gasteiger partial charge in [-0.05, 0) is 44.5 Å². The van der Waals surface area contributed by atoms with Crippen molar-refractivity contribution in [3.63, 3.8) is 0 Å². The number of carbonyl (C=O) groups excluding carboxylic acids is 1. The SMILES string of the molecule is CCOc1ccccc1/C=C1\SC(=S)N(c2ccc(C)cc2C)C1=O. The second kappa shape index (κ2) is 7.42. The number of aryl methyl sites for hydroxylation is 2. The first kappa shape index (κ1) is 17.7. The Labute approximate surface area is 157 Å². The van der Waals surface area contributed by atoms with Gasteiger partial charge in [-0.25, -0.2) is 0 Å². The molecule has 1 fully saturated rings. The molecule has 2 aromatic rings. The van der Waals surface area contributed by atoms with Crippen LogP contribution in [-0.4, -0.2) is 16.8 Å². The molecule has 0 aromatic heterocycles. The molecule has 1 heterocycles. The minimum absolute atomic E-state index is 0.0896. The van der Waals surface area contributed by atoms with Crippen LogP contribution in [0.25, 0.3) is 6.08 Å². The standard InChI is InChI=1S/C20H19NO2S2/c1-4-23-17-8-6-5-7-15(17)12-18-19(22)21(20(24)25-18)16-10-9-13(2)11-14(16)3/h5-12H,4H2,1-3H3/b18-12-. The van der Waals surface area contributed by atoms with Gasteiger partial charge in [0, 0.05) is 5.56 Å². The van der Waals surface area contributed by atoms with Crippen LogP contribution in [0.4, 0.5) is 5.69 Å². The molecule has 1 amide bonds. The highest BCUT2D eigenvalue weighted by atomic mass is 32.2. The van der Waals surface area contributed by atoms with E-state index in [1.54, 1.807) is 4.90 Å². The van der Waals surface area contributed by atoms with Gasteiger partial charge in [-0.3, -0.25) is 9.69 Å². The molecule has 2 aromatic carbocycles. The summed E-state index contributed by atoms with van der Waals surface area (Å²) in [6.07, 6.45) is 1.85. The van der Waals surface area contributed by atoms with Crippen molar-refractivity contribution in [2.75, 3.05) is 11.5 Å². The summed E-state index contributed by atoms with van der Waals surface area (Å²) in [5.74, 6) is 0.676. The van der Waals surface area contributed by atoms with Gasteiger partial charge in [0.05, 0.1) is 17.2 Å². The molecule has 0 atom stereocenters. The summed E-state index contributed by atoms with van der Waals surface area (Å²) in [5, 5.41) is 0. The number of thioether (sulfide) groups is 1. The molecule has 3 rings (SSSR count). The molecule has 0 bridgehead atoms. The Morgan fingerprint density at radius 3 is 2.68 bits per heavy atom. The Hall–Kier alpha value is -2.11. The number of nitrogens with zero attached hydrogens (tertiary/aromatic N) is 1. The van der Waals surface area contributed by atoms with Gasteiger partial charge in [0.2, 0.25) is 0 Å². The molecule has 5 heteroatoms. The molecular formula is C20H19NO2S2. The van der Waals surface area contributed by atoms with Gasteiger partial charge in [0.25, 0.3) is 5.91 Å². The third-order valence-corrected chi connectivity index (χ3v) is 5.19. The summed E-state index contributed by atoms with van der Waals surface area (Å²) in [4.78, 5) is 15.2. The molecule has 0 saturated carbocycles. The molecule has 25 heavy (non-hydrogen) atoms.